The van der Waals surface area contributed by atoms with E-state index in [0.717, 1.165) is 16.7 Å². The number of benzene rings is 2. The van der Waals surface area contributed by atoms with Gasteiger partial charge in [0.05, 0.1) is 16.1 Å². The van der Waals surface area contributed by atoms with Crippen LogP contribution in [0.1, 0.15) is 39.2 Å². The second-order valence-electron chi connectivity index (χ2n) is 11.2. The Balaban J connectivity index is 0.000000984. The number of nitrogens with two attached hydrogens (primary N) is 1. The number of rotatable bonds is 11. The number of aliphatic carboxylic acids is 1. The molecule has 1 saturated heterocycles. The minimum absolute atomic E-state index is 0.170. The summed E-state index contributed by atoms with van der Waals surface area (Å²) in [4.78, 5) is 62.1. The highest BCUT2D eigenvalue weighted by atomic mass is 35.5. The lowest BCUT2D eigenvalue weighted by atomic mass is 9.98. The molecule has 1 aliphatic rings. The van der Waals surface area contributed by atoms with Crippen LogP contribution in [0.2, 0.25) is 10.0 Å². The van der Waals surface area contributed by atoms with Crippen molar-refractivity contribution in [2.75, 3.05) is 13.6 Å². The van der Waals surface area contributed by atoms with Gasteiger partial charge in [-0.1, -0.05) is 67.4 Å². The Morgan fingerprint density at radius 3 is 2.15 bits per heavy atom. The number of nitrogens with one attached hydrogen (secondary N) is 3. The van der Waals surface area contributed by atoms with E-state index in [9.17, 15) is 32.3 Å². The van der Waals surface area contributed by atoms with Gasteiger partial charge in [0.25, 0.3) is 0 Å². The van der Waals surface area contributed by atoms with Crippen molar-refractivity contribution in [2.45, 2.75) is 70.4 Å². The topological polar surface area (TPSA) is 171 Å². The normalized spacial score (nSPS) is 16.4. The largest absolute Gasteiger partial charge is 0.490 e. The lowest BCUT2D eigenvalue weighted by Gasteiger charge is -2.31. The number of halogens is 5. The molecule has 47 heavy (non-hydrogen) atoms. The molecule has 1 aliphatic heterocycles. The Bertz CT molecular complexity index is 1460. The second kappa shape index (κ2) is 17.3. The molecule has 258 valence electrons. The molecule has 1 fully saturated rings. The van der Waals surface area contributed by atoms with Crippen LogP contribution in [0.15, 0.2) is 42.5 Å². The number of carbonyl (C=O) groups is 5. The number of amides is 4. The summed E-state index contributed by atoms with van der Waals surface area (Å²) in [6, 6.07) is 9.81. The van der Waals surface area contributed by atoms with E-state index in [1.54, 1.807) is 26.1 Å². The van der Waals surface area contributed by atoms with Crippen molar-refractivity contribution in [3.05, 3.63) is 58.1 Å². The van der Waals surface area contributed by atoms with Crippen molar-refractivity contribution >= 4 is 52.8 Å². The van der Waals surface area contributed by atoms with E-state index in [2.05, 4.69) is 16.0 Å². The van der Waals surface area contributed by atoms with Gasteiger partial charge in [0.1, 0.15) is 18.1 Å². The number of hydrogen-bond donors (Lipinski definition) is 5. The fraction of sp³-hybridized carbons (Fsp3) is 0.452. The van der Waals surface area contributed by atoms with Crippen molar-refractivity contribution in [3.8, 4) is 11.1 Å². The second-order valence-corrected chi connectivity index (χ2v) is 12.0. The molecule has 0 saturated carbocycles. The van der Waals surface area contributed by atoms with Crippen molar-refractivity contribution in [1.82, 2.24) is 20.9 Å². The van der Waals surface area contributed by atoms with Crippen LogP contribution in [0, 0.1) is 5.92 Å². The third-order valence-corrected chi connectivity index (χ3v) is 8.16. The fourth-order valence-corrected chi connectivity index (χ4v) is 4.98. The first-order valence-corrected chi connectivity index (χ1v) is 15.3. The summed E-state index contributed by atoms with van der Waals surface area (Å²) < 4.78 is 31.7. The third-order valence-electron chi connectivity index (χ3n) is 7.42. The standard InChI is InChI=1S/C29H37Cl2N5O4.C2HF3O2/c1-16(2)25(35-27(38)17(3)33-4)29(40)36-12-6-9-24(36)28(39)34-23(26(32)37)14-18-7-5-8-19(13-18)20-10-11-21(30)22(31)15-20;3-2(4,5)1(6)7/h5,7-8,10-11,13,15-17,23-25,33H,6,9,12,14H2,1-4H3,(H2,32,37)(H,34,39)(H,35,38);(H,6,7)/t17-,23-,24-,25-;/m0./s1. The maximum Gasteiger partial charge on any atom is 0.490 e. The van der Waals surface area contributed by atoms with Crippen LogP contribution < -0.4 is 21.7 Å². The molecule has 0 aromatic heterocycles. The number of nitrogens with zero attached hydrogens (tertiary/aromatic N) is 1. The number of likely N-dealkylation sites (N-methyl/N-ethyl adjacent to an activating group) is 1. The van der Waals surface area contributed by atoms with E-state index in [1.807, 2.05) is 44.2 Å². The summed E-state index contributed by atoms with van der Waals surface area (Å²) >= 11 is 12.2. The van der Waals surface area contributed by atoms with Crippen molar-refractivity contribution in [2.24, 2.45) is 11.7 Å². The summed E-state index contributed by atoms with van der Waals surface area (Å²) in [5.74, 6) is -4.70. The average molecular weight is 705 g/mol. The van der Waals surface area contributed by atoms with Gasteiger partial charge < -0.3 is 31.7 Å². The quantitative estimate of drug-likeness (QED) is 0.238. The van der Waals surface area contributed by atoms with E-state index in [4.69, 9.17) is 38.8 Å². The Kier molecular flexibility index (Phi) is 14.5. The van der Waals surface area contributed by atoms with E-state index in [-0.39, 0.29) is 24.2 Å². The zero-order chi connectivity index (χ0) is 35.6. The highest BCUT2D eigenvalue weighted by Crippen LogP contribution is 2.29. The molecule has 0 radical (unpaired) electrons. The van der Waals surface area contributed by atoms with Gasteiger partial charge in [-0.3, -0.25) is 19.2 Å². The van der Waals surface area contributed by atoms with Crippen LogP contribution in [0.3, 0.4) is 0 Å². The lowest BCUT2D eigenvalue weighted by Crippen LogP contribution is -2.58. The first-order valence-electron chi connectivity index (χ1n) is 14.6. The van der Waals surface area contributed by atoms with Gasteiger partial charge in [-0.25, -0.2) is 4.79 Å². The Labute approximate surface area is 280 Å². The van der Waals surface area contributed by atoms with E-state index in [0.29, 0.717) is 29.4 Å². The maximum absolute atomic E-state index is 13.5. The monoisotopic (exact) mass is 703 g/mol. The SMILES string of the molecule is CN[C@@H](C)C(=O)N[C@H](C(=O)N1CCC[C@H]1C(=O)N[C@@H](Cc1cccc(-c2ccc(Cl)c(Cl)c2)c1)C(N)=O)C(C)C.O=C(O)C(F)(F)F. The summed E-state index contributed by atoms with van der Waals surface area (Å²) in [5, 5.41) is 16.4. The summed E-state index contributed by atoms with van der Waals surface area (Å²) in [7, 11) is 1.66. The number of carbonyl (C=O) groups excluding carboxylic acids is 4. The third kappa shape index (κ3) is 11.4. The number of carboxylic acid groups (broad SMARTS) is 1. The molecule has 16 heteroatoms. The zero-order valence-corrected chi connectivity index (χ0v) is 27.7. The highest BCUT2D eigenvalue weighted by molar-refractivity contribution is 6.42. The average Bonchev–Trinajstić information content (AvgIpc) is 3.50. The van der Waals surface area contributed by atoms with Gasteiger partial charge in [0, 0.05) is 13.0 Å². The predicted octanol–water partition coefficient (Wildman–Crippen LogP) is 3.55. The fourth-order valence-electron chi connectivity index (χ4n) is 4.68. The van der Waals surface area contributed by atoms with Gasteiger partial charge in [0.15, 0.2) is 0 Å². The lowest BCUT2D eigenvalue weighted by molar-refractivity contribution is -0.192. The Morgan fingerprint density at radius 2 is 1.62 bits per heavy atom. The number of primary amides is 1. The van der Waals surface area contributed by atoms with Gasteiger partial charge >= 0.3 is 12.1 Å². The Morgan fingerprint density at radius 1 is 1.00 bits per heavy atom. The van der Waals surface area contributed by atoms with E-state index < -0.39 is 48.1 Å². The van der Waals surface area contributed by atoms with Crippen LogP contribution in [0.25, 0.3) is 11.1 Å². The molecule has 11 nitrogen and oxygen atoms in total. The van der Waals surface area contributed by atoms with Crippen LogP contribution in [-0.2, 0) is 30.4 Å². The molecule has 4 amide bonds. The molecular weight excluding hydrogens is 666 g/mol. The van der Waals surface area contributed by atoms with Gasteiger partial charge in [0.2, 0.25) is 23.6 Å². The molecule has 4 atom stereocenters. The summed E-state index contributed by atoms with van der Waals surface area (Å²) in [5.41, 5.74) is 8.18. The molecule has 3 rings (SSSR count). The summed E-state index contributed by atoms with van der Waals surface area (Å²) in [6.45, 7) is 5.76. The van der Waals surface area contributed by atoms with Crippen LogP contribution in [0.4, 0.5) is 13.2 Å². The molecule has 2 aromatic rings. The number of likely N-dealkylation sites (tertiary alicyclic amines) is 1. The molecule has 6 N–H and O–H groups in total. The first-order chi connectivity index (χ1) is 21.9. The van der Waals surface area contributed by atoms with E-state index in [1.165, 1.54) is 4.90 Å². The Hall–Kier alpha value is -3.88. The molecule has 0 unspecified atom stereocenters. The minimum atomic E-state index is -5.08. The molecule has 0 spiro atoms. The predicted molar refractivity (Wildman–Crippen MR) is 170 cm³/mol. The van der Waals surface area contributed by atoms with Crippen molar-refractivity contribution in [1.29, 1.82) is 0 Å². The van der Waals surface area contributed by atoms with Crippen LogP contribution in [0.5, 0.6) is 0 Å². The van der Waals surface area contributed by atoms with Crippen LogP contribution >= 0.6 is 23.2 Å². The molecule has 1 heterocycles. The van der Waals surface area contributed by atoms with Gasteiger partial charge in [-0.05, 0) is 61.6 Å². The smallest absolute Gasteiger partial charge is 0.475 e. The number of hydrogen-bond acceptors (Lipinski definition) is 6. The minimum Gasteiger partial charge on any atom is -0.475 e. The van der Waals surface area contributed by atoms with Gasteiger partial charge in [-0.2, -0.15) is 13.2 Å². The maximum atomic E-state index is 13.5. The molecule has 2 aromatic carbocycles. The van der Waals surface area contributed by atoms with Crippen molar-refractivity contribution in [3.63, 3.8) is 0 Å². The molecular formula is C31H38Cl2F3N5O6. The molecule has 0 bridgehead atoms. The number of carboxylic acids is 1. The first kappa shape index (κ1) is 39.3. The number of alkyl halides is 3. The summed E-state index contributed by atoms with van der Waals surface area (Å²) in [6.07, 6.45) is -3.84. The molecule has 0 aliphatic carbocycles. The van der Waals surface area contributed by atoms with Crippen LogP contribution in [-0.4, -0.2) is 83.5 Å². The van der Waals surface area contributed by atoms with Crippen molar-refractivity contribution < 1.29 is 42.3 Å². The van der Waals surface area contributed by atoms with E-state index >= 15 is 0 Å². The highest BCUT2D eigenvalue weighted by Gasteiger charge is 2.40. The zero-order valence-electron chi connectivity index (χ0n) is 26.2. The van der Waals surface area contributed by atoms with Gasteiger partial charge in [-0.15, -0.1) is 0 Å².